The topological polar surface area (TPSA) is 73.0 Å². The molecule has 7 nitrogen and oxygen atoms in total. The van der Waals surface area contributed by atoms with Gasteiger partial charge in [0.2, 0.25) is 10.0 Å². The number of carbonyl (C=O) groups excluding carboxylic acids is 1. The minimum atomic E-state index is -3.37. The van der Waals surface area contributed by atoms with Crippen molar-refractivity contribution in [1.82, 2.24) is 19.4 Å². The van der Waals surface area contributed by atoms with Crippen LogP contribution in [-0.4, -0.2) is 92.6 Å². The van der Waals surface area contributed by atoms with E-state index >= 15 is 0 Å². The van der Waals surface area contributed by atoms with Crippen molar-refractivity contribution in [3.63, 3.8) is 0 Å². The molecule has 1 atom stereocenters. The molecular weight excluding hydrogens is 400 g/mol. The number of nitrogens with zero attached hydrogens (tertiary/aromatic N) is 3. The number of nitrogens with one attached hydrogen (secondary N) is 1. The van der Waals surface area contributed by atoms with Crippen LogP contribution in [0.4, 0.5) is 0 Å². The van der Waals surface area contributed by atoms with Crippen molar-refractivity contribution >= 4 is 15.9 Å². The van der Waals surface area contributed by atoms with Crippen LogP contribution in [0.1, 0.15) is 42.1 Å². The molecular formula is C22H36N4O3S. The summed E-state index contributed by atoms with van der Waals surface area (Å²) >= 11 is 0. The van der Waals surface area contributed by atoms with E-state index in [0.717, 1.165) is 18.7 Å². The van der Waals surface area contributed by atoms with E-state index < -0.39 is 10.0 Å². The van der Waals surface area contributed by atoms with E-state index in [1.807, 2.05) is 31.2 Å². The molecule has 2 heterocycles. The molecule has 2 saturated heterocycles. The highest BCUT2D eigenvalue weighted by atomic mass is 32.2. The van der Waals surface area contributed by atoms with Gasteiger partial charge in [0.05, 0.1) is 5.75 Å². The molecule has 0 aliphatic carbocycles. The predicted octanol–water partition coefficient (Wildman–Crippen LogP) is 1.55. The maximum atomic E-state index is 13.2. The largest absolute Gasteiger partial charge is 0.336 e. The molecule has 3 rings (SSSR count). The summed E-state index contributed by atoms with van der Waals surface area (Å²) in [5, 5.41) is 3.18. The van der Waals surface area contributed by atoms with Gasteiger partial charge in [0.1, 0.15) is 0 Å². The monoisotopic (exact) mass is 436 g/mol. The Hall–Kier alpha value is -1.48. The minimum absolute atomic E-state index is 0.0277. The number of likely N-dealkylation sites (tertiary alicyclic amines) is 1. The molecule has 2 aliphatic rings. The van der Waals surface area contributed by atoms with Crippen LogP contribution in [0.5, 0.6) is 0 Å². The van der Waals surface area contributed by atoms with Gasteiger partial charge in [-0.05, 0) is 45.4 Å². The van der Waals surface area contributed by atoms with Crippen LogP contribution < -0.4 is 5.32 Å². The number of piperazine rings is 1. The molecule has 8 heteroatoms. The predicted molar refractivity (Wildman–Crippen MR) is 120 cm³/mol. The Balaban J connectivity index is 1.68. The average molecular weight is 437 g/mol. The summed E-state index contributed by atoms with van der Waals surface area (Å²) < 4.78 is 27.2. The summed E-state index contributed by atoms with van der Waals surface area (Å²) in [7, 11) is -3.37. The zero-order chi connectivity index (χ0) is 21.6. The zero-order valence-corrected chi connectivity index (χ0v) is 19.2. The van der Waals surface area contributed by atoms with E-state index in [-0.39, 0.29) is 18.2 Å². The molecule has 1 unspecified atom stereocenters. The van der Waals surface area contributed by atoms with Gasteiger partial charge < -0.3 is 10.2 Å². The average Bonchev–Trinajstić information content (AvgIpc) is 2.75. The van der Waals surface area contributed by atoms with Gasteiger partial charge in [-0.25, -0.2) is 8.42 Å². The molecule has 1 amide bonds. The minimum Gasteiger partial charge on any atom is -0.336 e. The summed E-state index contributed by atoms with van der Waals surface area (Å²) in [6.45, 7) is 9.16. The smallest absolute Gasteiger partial charge is 0.253 e. The van der Waals surface area contributed by atoms with Crippen molar-refractivity contribution in [2.24, 2.45) is 0 Å². The van der Waals surface area contributed by atoms with Crippen molar-refractivity contribution in [1.29, 1.82) is 0 Å². The molecule has 2 fully saturated rings. The summed E-state index contributed by atoms with van der Waals surface area (Å²) in [5.41, 5.74) is 1.65. The molecule has 30 heavy (non-hydrogen) atoms. The van der Waals surface area contributed by atoms with Gasteiger partial charge in [0, 0.05) is 57.4 Å². The van der Waals surface area contributed by atoms with Gasteiger partial charge in [0.25, 0.3) is 5.91 Å². The lowest BCUT2D eigenvalue weighted by Gasteiger charge is -2.35. The van der Waals surface area contributed by atoms with Crippen molar-refractivity contribution < 1.29 is 13.2 Å². The summed E-state index contributed by atoms with van der Waals surface area (Å²) in [4.78, 5) is 17.4. The molecule has 1 aromatic carbocycles. The maximum absolute atomic E-state index is 13.2. The van der Waals surface area contributed by atoms with Gasteiger partial charge in [0.15, 0.2) is 0 Å². The van der Waals surface area contributed by atoms with Crippen molar-refractivity contribution in [2.45, 2.75) is 39.2 Å². The van der Waals surface area contributed by atoms with Gasteiger partial charge in [-0.1, -0.05) is 24.1 Å². The molecule has 168 valence electrons. The van der Waals surface area contributed by atoms with Crippen molar-refractivity contribution in [2.75, 3.05) is 58.1 Å². The first kappa shape index (κ1) is 23.2. The Bertz CT molecular complexity index is 808. The van der Waals surface area contributed by atoms with Gasteiger partial charge in [-0.15, -0.1) is 0 Å². The molecule has 2 aliphatic heterocycles. The molecule has 0 bridgehead atoms. The lowest BCUT2D eigenvalue weighted by Crippen LogP contribution is -2.49. The third-order valence-corrected chi connectivity index (χ3v) is 8.09. The van der Waals surface area contributed by atoms with Crippen LogP contribution in [0.25, 0.3) is 0 Å². The number of aryl methyl sites for hydroxylation is 1. The van der Waals surface area contributed by atoms with Gasteiger partial charge in [-0.3, -0.25) is 9.69 Å². The lowest BCUT2D eigenvalue weighted by atomic mass is 10.0. The second kappa shape index (κ2) is 10.7. The first-order chi connectivity index (χ1) is 14.4. The highest BCUT2D eigenvalue weighted by molar-refractivity contribution is 7.89. The Morgan fingerprint density at radius 2 is 1.93 bits per heavy atom. The van der Waals surface area contributed by atoms with E-state index in [1.165, 1.54) is 19.3 Å². The second-order valence-electron chi connectivity index (χ2n) is 8.51. The molecule has 0 spiro atoms. The molecule has 0 aromatic heterocycles. The van der Waals surface area contributed by atoms with Gasteiger partial charge >= 0.3 is 0 Å². The molecule has 0 saturated carbocycles. The summed E-state index contributed by atoms with van der Waals surface area (Å²) in [5.74, 6) is -0.112. The number of hydrogen-bond acceptors (Lipinski definition) is 5. The standard InChI is InChI=1S/C22H36N4O3S/c1-19-6-5-8-21(18-19)22(27)25(15-14-24-11-4-3-7-20(24)2)16-17-30(28,29)26-12-9-23-10-13-26/h5-6,8,18,20,23H,3-4,7,9-17H2,1-2H3. The van der Waals surface area contributed by atoms with Crippen molar-refractivity contribution in [3.8, 4) is 0 Å². The quantitative estimate of drug-likeness (QED) is 0.669. The molecule has 1 aromatic rings. The third kappa shape index (κ3) is 6.26. The molecule has 1 N–H and O–H groups in total. The summed E-state index contributed by atoms with van der Waals surface area (Å²) in [6, 6.07) is 8.05. The van der Waals surface area contributed by atoms with Gasteiger partial charge in [-0.2, -0.15) is 4.31 Å². The third-order valence-electron chi connectivity index (χ3n) is 6.24. The first-order valence-corrected chi connectivity index (χ1v) is 12.8. The van der Waals surface area contributed by atoms with Crippen LogP contribution in [0, 0.1) is 6.92 Å². The van der Waals surface area contributed by atoms with Crippen LogP contribution in [0.15, 0.2) is 24.3 Å². The fourth-order valence-electron chi connectivity index (χ4n) is 4.29. The summed E-state index contributed by atoms with van der Waals surface area (Å²) in [6.07, 6.45) is 3.63. The Morgan fingerprint density at radius 1 is 1.17 bits per heavy atom. The fraction of sp³-hybridized carbons (Fsp3) is 0.682. The zero-order valence-electron chi connectivity index (χ0n) is 18.3. The number of piperidine rings is 1. The normalized spacial score (nSPS) is 21.5. The number of amides is 1. The lowest BCUT2D eigenvalue weighted by molar-refractivity contribution is 0.0717. The number of sulfonamides is 1. The number of rotatable bonds is 8. The number of benzene rings is 1. The SMILES string of the molecule is Cc1cccc(C(=O)N(CCN2CCCCC2C)CCS(=O)(=O)N2CCNCC2)c1. The fourth-order valence-corrected chi connectivity index (χ4v) is 5.74. The Morgan fingerprint density at radius 3 is 2.63 bits per heavy atom. The van der Waals surface area contributed by atoms with E-state index in [1.54, 1.807) is 9.21 Å². The van der Waals surface area contributed by atoms with Crippen LogP contribution >= 0.6 is 0 Å². The van der Waals surface area contributed by atoms with Crippen molar-refractivity contribution in [3.05, 3.63) is 35.4 Å². The number of carbonyl (C=O) groups is 1. The maximum Gasteiger partial charge on any atom is 0.253 e. The van der Waals surface area contributed by atoms with E-state index in [4.69, 9.17) is 0 Å². The van der Waals surface area contributed by atoms with E-state index in [0.29, 0.717) is 44.3 Å². The number of hydrogen-bond donors (Lipinski definition) is 1. The second-order valence-corrected chi connectivity index (χ2v) is 10.6. The Kier molecular flexibility index (Phi) is 8.27. The first-order valence-electron chi connectivity index (χ1n) is 11.2. The van der Waals surface area contributed by atoms with E-state index in [2.05, 4.69) is 17.1 Å². The Labute approximate surface area is 181 Å². The van der Waals surface area contributed by atoms with Crippen LogP contribution in [0.2, 0.25) is 0 Å². The molecule has 0 radical (unpaired) electrons. The van der Waals surface area contributed by atoms with Crippen LogP contribution in [-0.2, 0) is 10.0 Å². The van der Waals surface area contributed by atoms with Crippen LogP contribution in [0.3, 0.4) is 0 Å². The highest BCUT2D eigenvalue weighted by Gasteiger charge is 2.27. The highest BCUT2D eigenvalue weighted by Crippen LogP contribution is 2.17. The van der Waals surface area contributed by atoms with E-state index in [9.17, 15) is 13.2 Å².